The molecule has 0 saturated heterocycles. The lowest BCUT2D eigenvalue weighted by Gasteiger charge is -2.05. The summed E-state index contributed by atoms with van der Waals surface area (Å²) in [5.74, 6) is -1.23. The number of hydrogen-bond donors (Lipinski definition) is 1. The number of benzene rings is 3. The van der Waals surface area contributed by atoms with E-state index in [9.17, 15) is 22.8 Å². The highest BCUT2D eigenvalue weighted by Crippen LogP contribution is 2.18. The van der Waals surface area contributed by atoms with Crippen LogP contribution in [-0.4, -0.2) is 98.6 Å². The number of pyridine rings is 3. The maximum Gasteiger partial charge on any atom is 0.337 e. The first-order valence-electron chi connectivity index (χ1n) is 20.8. The highest BCUT2D eigenvalue weighted by Gasteiger charge is 2.11. The van der Waals surface area contributed by atoms with E-state index in [1.54, 1.807) is 36.7 Å². The largest absolute Gasteiger partial charge is 0.465 e. The van der Waals surface area contributed by atoms with E-state index in [4.69, 9.17) is 9.47 Å². The maximum atomic E-state index is 11.5. The molecule has 0 aliphatic carbocycles. The summed E-state index contributed by atoms with van der Waals surface area (Å²) in [5, 5.41) is 19.1. The molecule has 0 atom stereocenters. The van der Waals surface area contributed by atoms with Crippen molar-refractivity contribution in [2.45, 2.75) is 55.3 Å². The second kappa shape index (κ2) is 25.3. The van der Waals surface area contributed by atoms with Gasteiger partial charge in [0.25, 0.3) is 10.1 Å². The number of nitrogens with zero attached hydrogens (tertiary/aromatic N) is 8. The van der Waals surface area contributed by atoms with Crippen molar-refractivity contribution in [3.8, 4) is 0 Å². The van der Waals surface area contributed by atoms with Gasteiger partial charge in [-0.3, -0.25) is 33.6 Å². The number of rotatable bonds is 10. The molecule has 6 aromatic heterocycles. The van der Waals surface area contributed by atoms with Gasteiger partial charge >= 0.3 is 17.9 Å². The minimum atomic E-state index is -3.52. The Balaban J connectivity index is 0.000000207. The van der Waals surface area contributed by atoms with Gasteiger partial charge in [-0.25, -0.2) is 14.4 Å². The molecule has 0 aliphatic heterocycles. The van der Waals surface area contributed by atoms with Crippen LogP contribution in [0.1, 0.15) is 79.7 Å². The van der Waals surface area contributed by atoms with Crippen LogP contribution in [0.5, 0.6) is 0 Å². The van der Waals surface area contributed by atoms with E-state index in [0.717, 1.165) is 45.0 Å². The van der Waals surface area contributed by atoms with Crippen LogP contribution >= 0.6 is 0 Å². The first-order valence-corrected chi connectivity index (χ1v) is 22.6. The van der Waals surface area contributed by atoms with Gasteiger partial charge in [0.15, 0.2) is 0 Å². The lowest BCUT2D eigenvalue weighted by molar-refractivity contribution is 0.0591. The van der Waals surface area contributed by atoms with Crippen molar-refractivity contribution in [3.05, 3.63) is 179 Å². The van der Waals surface area contributed by atoms with E-state index >= 15 is 0 Å². The normalized spacial score (nSPS) is 10.5. The third-order valence-electron chi connectivity index (χ3n) is 9.87. The SMILES string of the molecule is C.C.COC(=O)c1ccnc(COS(C)(=O)=O)c1.COC(=O)c1ccnc(Cn2cc3cc(C)ccc3n2)c1.COC(=O)c1ccnc(Cn2ncc3cc(C)ccc32)c1.Cc1ccc2[nH]ncc2c1. The third kappa shape index (κ3) is 15.4. The minimum Gasteiger partial charge on any atom is -0.465 e. The minimum absolute atomic E-state index is 0. The number of fused-ring (bicyclic) bond motifs is 3. The van der Waals surface area contributed by atoms with Crippen LogP contribution in [0.4, 0.5) is 0 Å². The Hall–Kier alpha value is -8.16. The molecule has 9 aromatic rings. The van der Waals surface area contributed by atoms with Crippen LogP contribution in [0.25, 0.3) is 32.7 Å². The molecule has 1 N–H and O–H groups in total. The van der Waals surface area contributed by atoms with Crippen LogP contribution in [0.2, 0.25) is 0 Å². The van der Waals surface area contributed by atoms with Crippen molar-refractivity contribution >= 4 is 60.7 Å². The number of carbonyl (C=O) groups is 3. The topological polar surface area (TPSA) is 225 Å². The second-order valence-electron chi connectivity index (χ2n) is 15.3. The zero-order valence-corrected chi connectivity index (χ0v) is 39.2. The molecule has 19 heteroatoms. The Bertz CT molecular complexity index is 3300. The van der Waals surface area contributed by atoms with E-state index in [-0.39, 0.29) is 33.4 Å². The zero-order chi connectivity index (χ0) is 48.8. The van der Waals surface area contributed by atoms with E-state index in [1.807, 2.05) is 52.2 Å². The molecule has 0 unspecified atom stereocenters. The first kappa shape index (κ1) is 54.4. The molecular weight excluding hydrogens is 915 g/mol. The fourth-order valence-corrected chi connectivity index (χ4v) is 6.91. The molecular formula is C51H57N9O9S. The standard InChI is InChI=1S/2C16H15N3O2.C9H11NO5S.C8H8N2.2CH4/c1-11-3-4-15-13(7-11)9-19(18-15)10-14-8-12(5-6-17-14)16(20)21-2;1-11-3-4-15-13(7-11)9-18-19(15)10-14-8-12(5-6-17-14)16(20)21-2;1-14-9(11)7-3-4-10-8(5-7)6-15-16(2,12)13;1-6-2-3-8-7(4-6)5-9-10-8;;/h2*3-9H,10H2,1-2H3;3-5H,6H2,1-2H3;2-5H,1H3,(H,9,10);2*1H4. The van der Waals surface area contributed by atoms with Gasteiger partial charge in [-0.05, 0) is 93.6 Å². The lowest BCUT2D eigenvalue weighted by atomic mass is 10.2. The van der Waals surface area contributed by atoms with Gasteiger partial charge in [0.2, 0.25) is 0 Å². The summed E-state index contributed by atoms with van der Waals surface area (Å²) in [7, 11) is 0.475. The summed E-state index contributed by atoms with van der Waals surface area (Å²) in [6.07, 6.45) is 11.2. The number of esters is 3. The molecule has 0 saturated carbocycles. The Morgan fingerprint density at radius 2 is 1.10 bits per heavy atom. The molecule has 366 valence electrons. The van der Waals surface area contributed by atoms with Crippen molar-refractivity contribution < 1.29 is 41.2 Å². The summed E-state index contributed by atoms with van der Waals surface area (Å²) in [6, 6.07) is 28.2. The molecule has 3 aromatic carbocycles. The second-order valence-corrected chi connectivity index (χ2v) is 16.9. The van der Waals surface area contributed by atoms with Crippen LogP contribution in [0.3, 0.4) is 0 Å². The number of hydrogen-bond acceptors (Lipinski definition) is 15. The number of aryl methyl sites for hydroxylation is 3. The van der Waals surface area contributed by atoms with Gasteiger partial charge in [0.05, 0.1) is 103 Å². The Morgan fingerprint density at radius 1 is 0.600 bits per heavy atom. The lowest BCUT2D eigenvalue weighted by Crippen LogP contribution is -2.06. The van der Waals surface area contributed by atoms with Gasteiger partial charge in [-0.1, -0.05) is 49.7 Å². The number of aromatic nitrogens is 9. The third-order valence-corrected chi connectivity index (χ3v) is 10.4. The van der Waals surface area contributed by atoms with Gasteiger partial charge in [0.1, 0.15) is 6.61 Å². The van der Waals surface area contributed by atoms with E-state index in [1.165, 1.54) is 61.7 Å². The molecule has 0 spiro atoms. The van der Waals surface area contributed by atoms with Crippen molar-refractivity contribution in [3.63, 3.8) is 0 Å². The van der Waals surface area contributed by atoms with Crippen LogP contribution < -0.4 is 0 Å². The van der Waals surface area contributed by atoms with Gasteiger partial charge in [0, 0.05) is 40.9 Å². The van der Waals surface area contributed by atoms with E-state index in [2.05, 4.69) is 95.4 Å². The van der Waals surface area contributed by atoms with Crippen LogP contribution in [0, 0.1) is 20.8 Å². The summed E-state index contributed by atoms with van der Waals surface area (Å²) < 4.78 is 43.7. The number of methoxy groups -OCH3 is 3. The monoisotopic (exact) mass is 971 g/mol. The predicted octanol–water partition coefficient (Wildman–Crippen LogP) is 8.64. The Kier molecular flexibility index (Phi) is 19.7. The first-order chi connectivity index (χ1) is 32.6. The number of H-pyrrole nitrogens is 1. The molecule has 0 bridgehead atoms. The highest BCUT2D eigenvalue weighted by molar-refractivity contribution is 7.85. The quantitative estimate of drug-likeness (QED) is 0.0769. The summed E-state index contributed by atoms with van der Waals surface area (Å²) in [6.45, 7) is 7.00. The van der Waals surface area contributed by atoms with Crippen LogP contribution in [0.15, 0.2) is 128 Å². The smallest absolute Gasteiger partial charge is 0.337 e. The Morgan fingerprint density at radius 3 is 1.67 bits per heavy atom. The van der Waals surface area contributed by atoms with Gasteiger partial charge in [-0.15, -0.1) is 0 Å². The summed E-state index contributed by atoms with van der Waals surface area (Å²) in [4.78, 5) is 46.6. The van der Waals surface area contributed by atoms with E-state index in [0.29, 0.717) is 35.5 Å². The summed E-state index contributed by atoms with van der Waals surface area (Å²) in [5.41, 5.74) is 9.93. The predicted molar refractivity (Wildman–Crippen MR) is 268 cm³/mol. The molecule has 6 heterocycles. The van der Waals surface area contributed by atoms with Crippen molar-refractivity contribution in [1.29, 1.82) is 0 Å². The molecule has 0 radical (unpaired) electrons. The van der Waals surface area contributed by atoms with Gasteiger partial charge in [-0.2, -0.15) is 23.7 Å². The average Bonchev–Trinajstić information content (AvgIpc) is 4.08. The molecule has 9 rings (SSSR count). The van der Waals surface area contributed by atoms with Crippen LogP contribution in [-0.2, 0) is 48.2 Å². The number of nitrogens with one attached hydrogen (secondary N) is 1. The molecule has 0 fully saturated rings. The molecule has 0 amide bonds. The van der Waals surface area contributed by atoms with E-state index < -0.39 is 16.1 Å². The number of carbonyl (C=O) groups excluding carboxylic acids is 3. The summed E-state index contributed by atoms with van der Waals surface area (Å²) >= 11 is 0. The fourth-order valence-electron chi connectivity index (χ4n) is 6.58. The maximum absolute atomic E-state index is 11.5. The van der Waals surface area contributed by atoms with Crippen molar-refractivity contribution in [2.75, 3.05) is 27.6 Å². The fraction of sp³-hybridized carbons (Fsp3) is 0.235. The molecule has 70 heavy (non-hydrogen) atoms. The highest BCUT2D eigenvalue weighted by atomic mass is 32.2. The van der Waals surface area contributed by atoms with Crippen molar-refractivity contribution in [2.24, 2.45) is 0 Å². The Labute approximate surface area is 406 Å². The van der Waals surface area contributed by atoms with Gasteiger partial charge < -0.3 is 14.2 Å². The average molecular weight is 972 g/mol. The molecule has 0 aliphatic rings. The zero-order valence-electron chi connectivity index (χ0n) is 38.4. The molecule has 18 nitrogen and oxygen atoms in total. The number of aromatic amines is 1. The van der Waals surface area contributed by atoms with Crippen molar-refractivity contribution in [1.82, 2.24) is 44.7 Å². The number of ether oxygens (including phenoxy) is 3.